The fourth-order valence-electron chi connectivity index (χ4n) is 1.60. The number of nitrogens with one attached hydrogen (secondary N) is 1. The van der Waals surface area contributed by atoms with E-state index in [1.54, 1.807) is 19.1 Å². The topological polar surface area (TPSA) is 68.0 Å². The number of pyridine rings is 1. The predicted molar refractivity (Wildman–Crippen MR) is 79.2 cm³/mol. The van der Waals surface area contributed by atoms with Crippen LogP contribution in [0.4, 0.5) is 10.1 Å². The van der Waals surface area contributed by atoms with Gasteiger partial charge in [-0.05, 0) is 31.2 Å². The summed E-state index contributed by atoms with van der Waals surface area (Å²) in [6.45, 7) is 1.59. The van der Waals surface area contributed by atoms with Gasteiger partial charge in [-0.2, -0.15) is 0 Å². The summed E-state index contributed by atoms with van der Waals surface area (Å²) < 4.78 is 13.4. The van der Waals surface area contributed by atoms with Crippen LogP contribution in [0, 0.1) is 12.7 Å². The van der Waals surface area contributed by atoms with E-state index in [2.05, 4.69) is 10.3 Å². The van der Waals surface area contributed by atoms with Crippen LogP contribution in [-0.2, 0) is 0 Å². The maximum atomic E-state index is 13.4. The first-order valence-electron chi connectivity index (χ1n) is 5.81. The molecule has 102 valence electrons. The quantitative estimate of drug-likeness (QED) is 0.852. The molecular formula is C14H12FN3OS. The third-order valence-corrected chi connectivity index (χ3v) is 3.03. The van der Waals surface area contributed by atoms with Gasteiger partial charge in [-0.15, -0.1) is 0 Å². The summed E-state index contributed by atoms with van der Waals surface area (Å²) in [5.74, 6) is -0.798. The molecule has 0 spiro atoms. The molecule has 1 amide bonds. The molecule has 0 fully saturated rings. The number of rotatable bonds is 3. The lowest BCUT2D eigenvalue weighted by atomic mass is 10.2. The van der Waals surface area contributed by atoms with E-state index in [9.17, 15) is 9.18 Å². The van der Waals surface area contributed by atoms with Crippen LogP contribution in [0.3, 0.4) is 0 Å². The first-order chi connectivity index (χ1) is 9.49. The lowest BCUT2D eigenvalue weighted by Crippen LogP contribution is -2.16. The van der Waals surface area contributed by atoms with Crippen LogP contribution in [0.25, 0.3) is 0 Å². The van der Waals surface area contributed by atoms with Crippen molar-refractivity contribution in [2.24, 2.45) is 5.73 Å². The lowest BCUT2D eigenvalue weighted by Gasteiger charge is -2.08. The van der Waals surface area contributed by atoms with Gasteiger partial charge in [0.2, 0.25) is 0 Å². The average molecular weight is 289 g/mol. The highest BCUT2D eigenvalue weighted by molar-refractivity contribution is 7.80. The number of hydrogen-bond donors (Lipinski definition) is 2. The van der Waals surface area contributed by atoms with E-state index in [0.29, 0.717) is 16.8 Å². The Morgan fingerprint density at radius 1 is 1.35 bits per heavy atom. The molecule has 0 radical (unpaired) electrons. The van der Waals surface area contributed by atoms with E-state index < -0.39 is 5.91 Å². The van der Waals surface area contributed by atoms with Crippen molar-refractivity contribution in [3.8, 4) is 0 Å². The summed E-state index contributed by atoms with van der Waals surface area (Å²) >= 11 is 4.80. The third-order valence-electron chi connectivity index (χ3n) is 2.80. The highest BCUT2D eigenvalue weighted by atomic mass is 32.1. The summed E-state index contributed by atoms with van der Waals surface area (Å²) in [6.07, 6.45) is 1.43. The number of carbonyl (C=O) groups is 1. The zero-order valence-electron chi connectivity index (χ0n) is 10.7. The number of carbonyl (C=O) groups excluding carboxylic acids is 1. The maximum absolute atomic E-state index is 13.4. The van der Waals surface area contributed by atoms with Gasteiger partial charge in [-0.1, -0.05) is 18.3 Å². The zero-order valence-corrected chi connectivity index (χ0v) is 11.5. The summed E-state index contributed by atoms with van der Waals surface area (Å²) in [4.78, 5) is 16.2. The van der Waals surface area contributed by atoms with E-state index in [0.717, 1.165) is 0 Å². The molecule has 0 atom stereocenters. The van der Waals surface area contributed by atoms with Crippen molar-refractivity contribution < 1.29 is 9.18 Å². The minimum Gasteiger partial charge on any atom is -0.389 e. The van der Waals surface area contributed by atoms with Crippen LogP contribution >= 0.6 is 12.2 Å². The Bertz CT molecular complexity index is 671. The fraction of sp³-hybridized carbons (Fsp3) is 0.0714. The van der Waals surface area contributed by atoms with E-state index in [-0.39, 0.29) is 16.5 Å². The van der Waals surface area contributed by atoms with Gasteiger partial charge >= 0.3 is 0 Å². The van der Waals surface area contributed by atoms with Crippen LogP contribution in [0.1, 0.15) is 21.6 Å². The normalized spacial score (nSPS) is 10.1. The van der Waals surface area contributed by atoms with Gasteiger partial charge in [0, 0.05) is 23.0 Å². The molecule has 6 heteroatoms. The van der Waals surface area contributed by atoms with Gasteiger partial charge in [0.25, 0.3) is 5.91 Å². The number of hydrogen-bond acceptors (Lipinski definition) is 3. The molecule has 0 unspecified atom stereocenters. The Labute approximate surface area is 120 Å². The summed E-state index contributed by atoms with van der Waals surface area (Å²) in [7, 11) is 0. The predicted octanol–water partition coefficient (Wildman–Crippen LogP) is 2.42. The lowest BCUT2D eigenvalue weighted by molar-refractivity contribution is 0.102. The van der Waals surface area contributed by atoms with E-state index in [1.807, 2.05) is 0 Å². The number of halogens is 1. The Kier molecular flexibility index (Phi) is 4.05. The monoisotopic (exact) mass is 289 g/mol. The molecule has 0 aliphatic heterocycles. The van der Waals surface area contributed by atoms with Crippen LogP contribution in [0.2, 0.25) is 0 Å². The number of nitrogens with two attached hydrogens (primary N) is 1. The molecule has 0 saturated heterocycles. The number of amides is 1. The second kappa shape index (κ2) is 5.75. The minimum absolute atomic E-state index is 0.202. The molecule has 1 aromatic heterocycles. The molecule has 0 bridgehead atoms. The first-order valence-corrected chi connectivity index (χ1v) is 6.22. The molecular weight excluding hydrogens is 277 g/mol. The highest BCUT2D eigenvalue weighted by Gasteiger charge is 2.11. The Balaban J connectivity index is 2.20. The minimum atomic E-state index is -0.423. The number of thiocarbonyl (C=S) groups is 1. The number of nitrogens with zero attached hydrogens (tertiary/aromatic N) is 1. The van der Waals surface area contributed by atoms with Crippen molar-refractivity contribution in [2.75, 3.05) is 5.32 Å². The van der Waals surface area contributed by atoms with Gasteiger partial charge in [0.15, 0.2) is 0 Å². The van der Waals surface area contributed by atoms with Gasteiger partial charge in [0.1, 0.15) is 16.5 Å². The van der Waals surface area contributed by atoms with Crippen molar-refractivity contribution in [2.45, 2.75) is 6.92 Å². The largest absolute Gasteiger partial charge is 0.389 e. The molecule has 2 rings (SSSR count). The summed E-state index contributed by atoms with van der Waals surface area (Å²) in [5, 5.41) is 2.61. The maximum Gasteiger partial charge on any atom is 0.274 e. The number of anilines is 1. The summed E-state index contributed by atoms with van der Waals surface area (Å²) in [6, 6.07) is 7.61. The fourth-order valence-corrected chi connectivity index (χ4v) is 1.72. The zero-order chi connectivity index (χ0) is 14.7. The van der Waals surface area contributed by atoms with Crippen molar-refractivity contribution in [1.29, 1.82) is 0 Å². The van der Waals surface area contributed by atoms with Crippen LogP contribution < -0.4 is 11.1 Å². The van der Waals surface area contributed by atoms with Crippen molar-refractivity contribution in [1.82, 2.24) is 4.98 Å². The van der Waals surface area contributed by atoms with Crippen LogP contribution in [0.15, 0.2) is 36.5 Å². The average Bonchev–Trinajstić information content (AvgIpc) is 2.44. The first kappa shape index (κ1) is 14.1. The molecule has 4 nitrogen and oxygen atoms in total. The molecule has 3 N–H and O–H groups in total. The molecule has 0 saturated carbocycles. The van der Waals surface area contributed by atoms with Crippen molar-refractivity contribution in [3.05, 3.63) is 59.2 Å². The third kappa shape index (κ3) is 2.97. The molecule has 1 aromatic carbocycles. The number of aromatic nitrogens is 1. The molecule has 2 aromatic rings. The Morgan fingerprint density at radius 3 is 2.70 bits per heavy atom. The SMILES string of the molecule is Cc1c(F)cccc1NC(=O)c1ccc(C(N)=S)cn1. The van der Waals surface area contributed by atoms with Crippen LogP contribution in [0.5, 0.6) is 0 Å². The van der Waals surface area contributed by atoms with Gasteiger partial charge in [-0.3, -0.25) is 9.78 Å². The van der Waals surface area contributed by atoms with Crippen LogP contribution in [-0.4, -0.2) is 15.9 Å². The molecule has 20 heavy (non-hydrogen) atoms. The van der Waals surface area contributed by atoms with Gasteiger partial charge in [-0.25, -0.2) is 4.39 Å². The standard InChI is InChI=1S/C14H12FN3OS/c1-8-10(15)3-2-4-11(8)18-14(19)12-6-5-9(7-17-12)13(16)20/h2-7H,1H3,(H2,16,20)(H,18,19). The Morgan fingerprint density at radius 2 is 2.10 bits per heavy atom. The molecule has 0 aliphatic rings. The van der Waals surface area contributed by atoms with Crippen molar-refractivity contribution >= 4 is 28.8 Å². The van der Waals surface area contributed by atoms with Crippen molar-refractivity contribution in [3.63, 3.8) is 0 Å². The van der Waals surface area contributed by atoms with Gasteiger partial charge < -0.3 is 11.1 Å². The van der Waals surface area contributed by atoms with E-state index >= 15 is 0 Å². The van der Waals surface area contributed by atoms with E-state index in [1.165, 1.54) is 24.4 Å². The molecule has 1 heterocycles. The molecule has 0 aliphatic carbocycles. The number of benzene rings is 1. The highest BCUT2D eigenvalue weighted by Crippen LogP contribution is 2.18. The second-order valence-corrected chi connectivity index (χ2v) is 4.60. The summed E-state index contributed by atoms with van der Waals surface area (Å²) in [5.41, 5.74) is 7.02. The smallest absolute Gasteiger partial charge is 0.274 e. The van der Waals surface area contributed by atoms with Gasteiger partial charge in [0.05, 0.1) is 0 Å². The Hall–Kier alpha value is -2.34. The van der Waals surface area contributed by atoms with E-state index in [4.69, 9.17) is 18.0 Å². The second-order valence-electron chi connectivity index (χ2n) is 4.16.